The number of carbonyl (C=O) groups is 1. The molecule has 0 aromatic heterocycles. The molecular weight excluding hydrogens is 182 g/mol. The average Bonchev–Trinajstić information content (AvgIpc) is 2.01. The van der Waals surface area contributed by atoms with E-state index < -0.39 is 17.4 Å². The average molecular weight is 188 g/mol. The van der Waals surface area contributed by atoms with Crippen LogP contribution in [-0.2, 0) is 0 Å². The Morgan fingerprint density at radius 1 is 1.25 bits per heavy atom. The number of Topliss-reactive ketones (excluding diaryl/α,β-unsaturated/α-hetero) is 1. The van der Waals surface area contributed by atoms with Crippen molar-refractivity contribution >= 4 is 18.4 Å². The van der Waals surface area contributed by atoms with E-state index in [0.717, 1.165) is 18.2 Å². The molecule has 0 spiro atoms. The lowest BCUT2D eigenvalue weighted by Crippen LogP contribution is -2.01. The van der Waals surface area contributed by atoms with E-state index in [1.165, 1.54) is 0 Å². The fourth-order valence-corrected chi connectivity index (χ4v) is 0.989. The van der Waals surface area contributed by atoms with Gasteiger partial charge in [0.15, 0.2) is 5.78 Å². The van der Waals surface area contributed by atoms with E-state index in [1.807, 2.05) is 0 Å². The van der Waals surface area contributed by atoms with Crippen LogP contribution in [0, 0.1) is 11.6 Å². The lowest BCUT2D eigenvalue weighted by atomic mass is 10.1. The van der Waals surface area contributed by atoms with Gasteiger partial charge in [-0.15, -0.1) is 0 Å². The fraction of sp³-hybridized carbons (Fsp3) is 0.125. The predicted octanol–water partition coefficient (Wildman–Crippen LogP) is 2.08. The summed E-state index contributed by atoms with van der Waals surface area (Å²) in [7, 11) is 0. The molecule has 0 saturated heterocycles. The Morgan fingerprint density at radius 3 is 2.17 bits per heavy atom. The lowest BCUT2D eigenvalue weighted by Gasteiger charge is -1.97. The summed E-state index contributed by atoms with van der Waals surface area (Å²) < 4.78 is 25.0. The molecule has 12 heavy (non-hydrogen) atoms. The van der Waals surface area contributed by atoms with Gasteiger partial charge in [0.2, 0.25) is 0 Å². The first-order chi connectivity index (χ1) is 5.63. The summed E-state index contributed by atoms with van der Waals surface area (Å²) in [6.45, 7) is 0. The number of ketones is 1. The molecule has 0 aliphatic heterocycles. The number of carbonyl (C=O) groups excluding carboxylic acids is 1. The maximum Gasteiger partial charge on any atom is 0.172 e. The number of thiol groups is 1. The van der Waals surface area contributed by atoms with Crippen LogP contribution in [0.4, 0.5) is 8.78 Å². The highest BCUT2D eigenvalue weighted by molar-refractivity contribution is 7.81. The van der Waals surface area contributed by atoms with Crippen LogP contribution >= 0.6 is 12.6 Å². The molecule has 0 heterocycles. The van der Waals surface area contributed by atoms with Crippen molar-refractivity contribution in [1.82, 2.24) is 0 Å². The molecule has 0 unspecified atom stereocenters. The van der Waals surface area contributed by atoms with Gasteiger partial charge in [-0.3, -0.25) is 4.79 Å². The second-order valence-electron chi connectivity index (χ2n) is 2.24. The van der Waals surface area contributed by atoms with E-state index in [-0.39, 0.29) is 11.3 Å². The number of hydrogen-bond acceptors (Lipinski definition) is 2. The molecule has 1 aromatic carbocycles. The summed E-state index contributed by atoms with van der Waals surface area (Å²) in [4.78, 5) is 10.9. The van der Waals surface area contributed by atoms with E-state index in [2.05, 4.69) is 12.6 Å². The Labute approximate surface area is 73.8 Å². The third-order valence-corrected chi connectivity index (χ3v) is 1.62. The molecule has 1 nitrogen and oxygen atoms in total. The first-order valence-corrected chi connectivity index (χ1v) is 3.87. The first kappa shape index (κ1) is 9.19. The summed E-state index contributed by atoms with van der Waals surface area (Å²) in [5.74, 6) is -1.94. The molecule has 0 N–H and O–H groups in total. The van der Waals surface area contributed by atoms with Gasteiger partial charge in [-0.1, -0.05) is 0 Å². The number of rotatable bonds is 2. The van der Waals surface area contributed by atoms with E-state index in [0.29, 0.717) is 0 Å². The maximum absolute atomic E-state index is 12.5. The predicted molar refractivity (Wildman–Crippen MR) is 44.5 cm³/mol. The van der Waals surface area contributed by atoms with Crippen LogP contribution in [0.15, 0.2) is 18.2 Å². The zero-order chi connectivity index (χ0) is 9.14. The second kappa shape index (κ2) is 3.67. The Hall–Kier alpha value is -0.900. The molecule has 0 bridgehead atoms. The van der Waals surface area contributed by atoms with Gasteiger partial charge >= 0.3 is 0 Å². The second-order valence-corrected chi connectivity index (χ2v) is 2.56. The van der Waals surface area contributed by atoms with Crippen LogP contribution in [0.25, 0.3) is 0 Å². The summed E-state index contributed by atoms with van der Waals surface area (Å²) in [5, 5.41) is 0. The highest BCUT2D eigenvalue weighted by atomic mass is 32.1. The number of benzene rings is 1. The van der Waals surface area contributed by atoms with Crippen LogP contribution in [0.1, 0.15) is 10.4 Å². The first-order valence-electron chi connectivity index (χ1n) is 3.23. The molecule has 0 aliphatic carbocycles. The van der Waals surface area contributed by atoms with Crippen molar-refractivity contribution in [3.8, 4) is 0 Å². The van der Waals surface area contributed by atoms with Crippen molar-refractivity contribution in [2.24, 2.45) is 0 Å². The third-order valence-electron chi connectivity index (χ3n) is 1.33. The van der Waals surface area contributed by atoms with Crippen LogP contribution in [0.5, 0.6) is 0 Å². The highest BCUT2D eigenvalue weighted by Crippen LogP contribution is 2.08. The van der Waals surface area contributed by atoms with Crippen molar-refractivity contribution < 1.29 is 13.6 Å². The van der Waals surface area contributed by atoms with Crippen molar-refractivity contribution in [2.75, 3.05) is 5.75 Å². The monoisotopic (exact) mass is 188 g/mol. The van der Waals surface area contributed by atoms with Gasteiger partial charge in [0.05, 0.1) is 5.75 Å². The van der Waals surface area contributed by atoms with Crippen LogP contribution in [-0.4, -0.2) is 11.5 Å². The molecule has 0 fully saturated rings. The van der Waals surface area contributed by atoms with Crippen LogP contribution in [0.3, 0.4) is 0 Å². The molecule has 64 valence electrons. The van der Waals surface area contributed by atoms with Crippen molar-refractivity contribution in [2.45, 2.75) is 0 Å². The SMILES string of the molecule is O=C(CS)c1cc(F)cc(F)c1. The molecular formula is C8H6F2OS. The van der Waals surface area contributed by atoms with Gasteiger partial charge < -0.3 is 0 Å². The Kier molecular flexibility index (Phi) is 2.81. The van der Waals surface area contributed by atoms with Crippen molar-refractivity contribution in [3.05, 3.63) is 35.4 Å². The number of hydrogen-bond donors (Lipinski definition) is 1. The highest BCUT2D eigenvalue weighted by Gasteiger charge is 2.06. The van der Waals surface area contributed by atoms with Gasteiger partial charge in [-0.05, 0) is 12.1 Å². The minimum absolute atomic E-state index is 0.0162. The molecule has 1 rings (SSSR count). The molecule has 4 heteroatoms. The van der Waals surface area contributed by atoms with Crippen LogP contribution < -0.4 is 0 Å². The number of halogens is 2. The minimum Gasteiger partial charge on any atom is -0.293 e. The van der Waals surface area contributed by atoms with Crippen molar-refractivity contribution in [1.29, 1.82) is 0 Å². The standard InChI is InChI=1S/C8H6F2OS/c9-6-1-5(8(11)4-12)2-7(10)3-6/h1-3,12H,4H2. The smallest absolute Gasteiger partial charge is 0.172 e. The van der Waals surface area contributed by atoms with Gasteiger partial charge in [-0.25, -0.2) is 8.78 Å². The summed E-state index contributed by atoms with van der Waals surface area (Å²) in [5.41, 5.74) is 0.0162. The summed E-state index contributed by atoms with van der Waals surface area (Å²) in [6.07, 6.45) is 0. The van der Waals surface area contributed by atoms with E-state index >= 15 is 0 Å². The molecule has 0 saturated carbocycles. The molecule has 0 aliphatic rings. The topological polar surface area (TPSA) is 17.1 Å². The third kappa shape index (κ3) is 2.04. The minimum atomic E-state index is -0.750. The maximum atomic E-state index is 12.5. The molecule has 0 radical (unpaired) electrons. The Bertz CT molecular complexity index is 292. The van der Waals surface area contributed by atoms with Gasteiger partial charge in [-0.2, -0.15) is 12.6 Å². The lowest BCUT2D eigenvalue weighted by molar-refractivity contribution is 0.102. The Balaban J connectivity index is 3.08. The molecule has 0 atom stereocenters. The quantitative estimate of drug-likeness (QED) is 0.555. The normalized spacial score (nSPS) is 9.92. The zero-order valence-electron chi connectivity index (χ0n) is 6.05. The van der Waals surface area contributed by atoms with Crippen molar-refractivity contribution in [3.63, 3.8) is 0 Å². The zero-order valence-corrected chi connectivity index (χ0v) is 6.94. The van der Waals surface area contributed by atoms with Gasteiger partial charge in [0, 0.05) is 11.6 Å². The fourth-order valence-electron chi connectivity index (χ4n) is 0.806. The van der Waals surface area contributed by atoms with E-state index in [9.17, 15) is 13.6 Å². The molecule has 0 amide bonds. The summed E-state index contributed by atoms with van der Waals surface area (Å²) >= 11 is 3.70. The van der Waals surface area contributed by atoms with Gasteiger partial charge in [0.25, 0.3) is 0 Å². The summed E-state index contributed by atoms with van der Waals surface area (Å²) in [6, 6.07) is 2.69. The molecule has 1 aromatic rings. The Morgan fingerprint density at radius 2 is 1.75 bits per heavy atom. The van der Waals surface area contributed by atoms with Gasteiger partial charge in [0.1, 0.15) is 11.6 Å². The van der Waals surface area contributed by atoms with Crippen LogP contribution in [0.2, 0.25) is 0 Å². The van der Waals surface area contributed by atoms with E-state index in [1.54, 1.807) is 0 Å². The van der Waals surface area contributed by atoms with E-state index in [4.69, 9.17) is 0 Å². The largest absolute Gasteiger partial charge is 0.293 e.